The van der Waals surface area contributed by atoms with Gasteiger partial charge in [0.1, 0.15) is 5.75 Å². The maximum absolute atomic E-state index is 9.16. The van der Waals surface area contributed by atoms with Gasteiger partial charge in [-0.15, -0.1) is 0 Å². The summed E-state index contributed by atoms with van der Waals surface area (Å²) in [6.07, 6.45) is 6.47. The molecule has 172 valence electrons. The number of benzene rings is 3. The Morgan fingerprint density at radius 3 is 1.79 bits per heavy atom. The second-order valence-electron chi connectivity index (χ2n) is 10.2. The summed E-state index contributed by atoms with van der Waals surface area (Å²) in [4.78, 5) is 0. The van der Waals surface area contributed by atoms with Crippen LogP contribution in [0.3, 0.4) is 0 Å². The Hall–Kier alpha value is -2.62. The molecule has 0 amide bonds. The van der Waals surface area contributed by atoms with Crippen LogP contribution in [0.2, 0.25) is 5.04 Å². The van der Waals surface area contributed by atoms with Crippen LogP contribution in [0.25, 0.3) is 0 Å². The molecule has 0 heterocycles. The SMILES string of the molecule is CC(C)(C)[Si](Oc1ccc(C2CCC(=CCO)CC2)cc1)(c1ccccc1)c1ccccc1. The molecule has 3 aromatic carbocycles. The molecule has 0 saturated heterocycles. The minimum absolute atomic E-state index is 0.0484. The number of aliphatic hydroxyl groups is 1. The van der Waals surface area contributed by atoms with E-state index in [2.05, 4.69) is 106 Å². The Balaban J connectivity index is 1.66. The summed E-state index contributed by atoms with van der Waals surface area (Å²) in [6.45, 7) is 7.10. The van der Waals surface area contributed by atoms with Gasteiger partial charge < -0.3 is 9.53 Å². The predicted octanol–water partition coefficient (Wildman–Crippen LogP) is 6.20. The van der Waals surface area contributed by atoms with Gasteiger partial charge in [0.2, 0.25) is 0 Å². The lowest BCUT2D eigenvalue weighted by molar-refractivity contribution is 0.339. The first-order valence-corrected chi connectivity index (χ1v) is 14.0. The van der Waals surface area contributed by atoms with E-state index in [0.717, 1.165) is 31.4 Å². The average molecular weight is 457 g/mol. The largest absolute Gasteiger partial charge is 0.534 e. The van der Waals surface area contributed by atoms with Gasteiger partial charge in [0.25, 0.3) is 0 Å². The van der Waals surface area contributed by atoms with Gasteiger partial charge in [-0.1, -0.05) is 105 Å². The zero-order valence-electron chi connectivity index (χ0n) is 20.1. The Morgan fingerprint density at radius 1 is 0.818 bits per heavy atom. The Kier molecular flexibility index (Phi) is 7.21. The molecule has 1 saturated carbocycles. The van der Waals surface area contributed by atoms with Crippen molar-refractivity contribution in [3.8, 4) is 5.75 Å². The van der Waals surface area contributed by atoms with Crippen molar-refractivity contribution in [1.82, 2.24) is 0 Å². The van der Waals surface area contributed by atoms with E-state index in [1.807, 2.05) is 6.08 Å². The van der Waals surface area contributed by atoms with Crippen molar-refractivity contribution in [3.63, 3.8) is 0 Å². The highest BCUT2D eigenvalue weighted by Crippen LogP contribution is 2.39. The van der Waals surface area contributed by atoms with Crippen molar-refractivity contribution in [3.05, 3.63) is 102 Å². The zero-order valence-corrected chi connectivity index (χ0v) is 21.1. The first-order valence-electron chi connectivity index (χ1n) is 12.1. The van der Waals surface area contributed by atoms with Gasteiger partial charge in [-0.2, -0.15) is 0 Å². The van der Waals surface area contributed by atoms with Crippen molar-refractivity contribution in [2.75, 3.05) is 6.61 Å². The smallest absolute Gasteiger partial charge is 0.319 e. The van der Waals surface area contributed by atoms with E-state index in [9.17, 15) is 0 Å². The van der Waals surface area contributed by atoms with E-state index in [1.165, 1.54) is 21.5 Å². The predicted molar refractivity (Wildman–Crippen MR) is 141 cm³/mol. The normalized spacial score (nSPS) is 17.0. The van der Waals surface area contributed by atoms with Crippen LogP contribution in [0.5, 0.6) is 5.75 Å². The Morgan fingerprint density at radius 2 is 1.33 bits per heavy atom. The molecule has 4 rings (SSSR count). The molecule has 1 aliphatic carbocycles. The fourth-order valence-electron chi connectivity index (χ4n) is 5.29. The highest BCUT2D eigenvalue weighted by Gasteiger charge is 2.52. The van der Waals surface area contributed by atoms with Crippen molar-refractivity contribution in [2.24, 2.45) is 0 Å². The number of hydrogen-bond acceptors (Lipinski definition) is 2. The quantitative estimate of drug-likeness (QED) is 0.353. The topological polar surface area (TPSA) is 29.5 Å². The van der Waals surface area contributed by atoms with E-state index in [0.29, 0.717) is 5.92 Å². The molecule has 0 atom stereocenters. The molecule has 0 radical (unpaired) electrons. The number of allylic oxidation sites excluding steroid dienone is 1. The second kappa shape index (κ2) is 10.1. The molecule has 3 heteroatoms. The van der Waals surface area contributed by atoms with Crippen LogP contribution >= 0.6 is 0 Å². The van der Waals surface area contributed by atoms with Gasteiger partial charge >= 0.3 is 8.32 Å². The summed E-state index contributed by atoms with van der Waals surface area (Å²) >= 11 is 0. The van der Waals surface area contributed by atoms with Crippen LogP contribution in [0.4, 0.5) is 0 Å². The maximum atomic E-state index is 9.16. The molecule has 0 unspecified atom stereocenters. The third-order valence-corrected chi connectivity index (χ3v) is 12.0. The summed E-state index contributed by atoms with van der Waals surface area (Å²) in [6, 6.07) is 30.5. The molecule has 1 fully saturated rings. The average Bonchev–Trinajstić information content (AvgIpc) is 2.84. The van der Waals surface area contributed by atoms with Crippen LogP contribution in [0.15, 0.2) is 96.6 Å². The summed E-state index contributed by atoms with van der Waals surface area (Å²) in [7, 11) is -2.60. The number of hydrogen-bond donors (Lipinski definition) is 1. The van der Waals surface area contributed by atoms with Gasteiger partial charge in [-0.3, -0.25) is 0 Å². The van der Waals surface area contributed by atoms with Crippen molar-refractivity contribution >= 4 is 18.7 Å². The van der Waals surface area contributed by atoms with E-state index in [-0.39, 0.29) is 11.6 Å². The second-order valence-corrected chi connectivity index (χ2v) is 14.4. The van der Waals surface area contributed by atoms with E-state index >= 15 is 0 Å². The lowest BCUT2D eigenvalue weighted by Gasteiger charge is -2.43. The third kappa shape index (κ3) is 5.00. The van der Waals surface area contributed by atoms with Crippen molar-refractivity contribution in [1.29, 1.82) is 0 Å². The van der Waals surface area contributed by atoms with E-state index in [4.69, 9.17) is 9.53 Å². The van der Waals surface area contributed by atoms with E-state index < -0.39 is 8.32 Å². The molecular formula is C30H36O2Si. The Labute approximate surface area is 200 Å². The maximum Gasteiger partial charge on any atom is 0.319 e. The van der Waals surface area contributed by atoms with Crippen LogP contribution < -0.4 is 14.8 Å². The third-order valence-electron chi connectivity index (χ3n) is 7.05. The molecule has 33 heavy (non-hydrogen) atoms. The van der Waals surface area contributed by atoms with Gasteiger partial charge in [0.05, 0.1) is 6.61 Å². The molecule has 1 aliphatic rings. The molecule has 0 spiro atoms. The molecular weight excluding hydrogens is 420 g/mol. The summed E-state index contributed by atoms with van der Waals surface area (Å²) in [5.41, 5.74) is 2.80. The summed E-state index contributed by atoms with van der Waals surface area (Å²) in [5, 5.41) is 11.7. The zero-order chi connectivity index (χ0) is 23.3. The van der Waals surface area contributed by atoms with Crippen molar-refractivity contribution < 1.29 is 9.53 Å². The van der Waals surface area contributed by atoms with Gasteiger partial charge in [0, 0.05) is 0 Å². The minimum atomic E-state index is -2.60. The van der Waals surface area contributed by atoms with Crippen LogP contribution in [0, 0.1) is 0 Å². The first kappa shape index (κ1) is 23.5. The van der Waals surface area contributed by atoms with Crippen LogP contribution in [-0.2, 0) is 0 Å². The lowest BCUT2D eigenvalue weighted by atomic mass is 9.81. The van der Waals surface area contributed by atoms with Gasteiger partial charge in [-0.05, 0) is 64.7 Å². The van der Waals surface area contributed by atoms with Gasteiger partial charge in [0.15, 0.2) is 0 Å². The summed E-state index contributed by atoms with van der Waals surface area (Å²) < 4.78 is 7.13. The standard InChI is InChI=1S/C30H36O2Si/c1-30(2,3)33(28-10-6-4-7-11-28,29-12-8-5-9-13-29)32-27-20-18-26(19-21-27)25-16-14-24(15-17-25)22-23-31/h4-13,18-22,25,31H,14-17,23H2,1-3H3. The number of rotatable bonds is 6. The Bertz CT molecular complexity index is 1000. The summed E-state index contributed by atoms with van der Waals surface area (Å²) in [5.74, 6) is 1.53. The number of aliphatic hydroxyl groups excluding tert-OH is 1. The fraction of sp³-hybridized carbons (Fsp3) is 0.333. The molecule has 0 aromatic heterocycles. The monoisotopic (exact) mass is 456 g/mol. The van der Waals surface area contributed by atoms with Crippen molar-refractivity contribution in [2.45, 2.75) is 57.4 Å². The molecule has 2 nitrogen and oxygen atoms in total. The molecule has 0 bridgehead atoms. The fourth-order valence-corrected chi connectivity index (χ4v) is 9.71. The van der Waals surface area contributed by atoms with Crippen LogP contribution in [-0.4, -0.2) is 20.0 Å². The molecule has 0 aliphatic heterocycles. The first-order chi connectivity index (χ1) is 15.9. The molecule has 3 aromatic rings. The lowest BCUT2D eigenvalue weighted by Crippen LogP contribution is -2.68. The van der Waals surface area contributed by atoms with E-state index in [1.54, 1.807) is 0 Å². The minimum Gasteiger partial charge on any atom is -0.534 e. The van der Waals surface area contributed by atoms with Crippen LogP contribution in [0.1, 0.15) is 57.9 Å². The van der Waals surface area contributed by atoms with Gasteiger partial charge in [-0.25, -0.2) is 0 Å². The molecule has 1 N–H and O–H groups in total. The highest BCUT2D eigenvalue weighted by molar-refractivity contribution is 7.00. The highest BCUT2D eigenvalue weighted by atomic mass is 28.4.